The van der Waals surface area contributed by atoms with Crippen LogP contribution in [0.3, 0.4) is 0 Å². The van der Waals surface area contributed by atoms with Crippen molar-refractivity contribution in [1.82, 2.24) is 15.2 Å². The van der Waals surface area contributed by atoms with E-state index in [9.17, 15) is 4.55 Å². The number of nitrogens with two attached hydrogens (primary N) is 1. The van der Waals surface area contributed by atoms with E-state index in [4.69, 9.17) is 10.7 Å². The predicted molar refractivity (Wildman–Crippen MR) is 111 cm³/mol. The fourth-order valence-electron chi connectivity index (χ4n) is 2.79. The second-order valence-corrected chi connectivity index (χ2v) is 8.01. The van der Waals surface area contributed by atoms with Crippen LogP contribution in [0, 0.1) is 13.8 Å². The van der Waals surface area contributed by atoms with Crippen LogP contribution in [0.2, 0.25) is 0 Å². The van der Waals surface area contributed by atoms with Crippen LogP contribution in [0.25, 0.3) is 22.5 Å². The van der Waals surface area contributed by atoms with Crippen LogP contribution >= 0.6 is 0 Å². The van der Waals surface area contributed by atoms with Gasteiger partial charge in [-0.3, -0.25) is 0 Å². The summed E-state index contributed by atoms with van der Waals surface area (Å²) < 4.78 is 11.7. The van der Waals surface area contributed by atoms with Crippen LogP contribution in [0.5, 0.6) is 0 Å². The van der Waals surface area contributed by atoms with Crippen LogP contribution in [-0.2, 0) is 11.2 Å². The van der Waals surface area contributed by atoms with Crippen LogP contribution < -0.4 is 10.6 Å². The number of aromatic nitrogens is 3. The molecule has 6 nitrogen and oxygen atoms in total. The van der Waals surface area contributed by atoms with E-state index in [1.807, 2.05) is 69.2 Å². The third-order valence-corrected chi connectivity index (χ3v) is 5.56. The van der Waals surface area contributed by atoms with Gasteiger partial charge in [-0.15, -0.1) is 10.2 Å². The zero-order chi connectivity index (χ0) is 19.7. The molecule has 0 bridgehead atoms. The molecule has 0 saturated carbocycles. The van der Waals surface area contributed by atoms with Crippen molar-refractivity contribution in [2.24, 2.45) is 0 Å². The molecule has 3 rings (SSSR count). The summed E-state index contributed by atoms with van der Waals surface area (Å²) in [7, 11) is 3.76. The van der Waals surface area contributed by atoms with Gasteiger partial charge in [0.1, 0.15) is 17.6 Å². The van der Waals surface area contributed by atoms with Crippen molar-refractivity contribution >= 4 is 22.8 Å². The lowest BCUT2D eigenvalue weighted by atomic mass is 9.96. The topological polar surface area (TPSA) is 91.0 Å². The van der Waals surface area contributed by atoms with E-state index in [0.29, 0.717) is 11.6 Å². The van der Waals surface area contributed by atoms with Crippen molar-refractivity contribution in [1.29, 1.82) is 0 Å². The van der Waals surface area contributed by atoms with Crippen LogP contribution in [0.4, 0.5) is 11.6 Å². The Kier molecular flexibility index (Phi) is 5.34. The molecular formula is C20H23N5OS. The van der Waals surface area contributed by atoms with Gasteiger partial charge in [0.15, 0.2) is 4.90 Å². The Hall–Kier alpha value is -2.64. The third-order valence-electron chi connectivity index (χ3n) is 4.62. The largest absolute Gasteiger partial charge is 0.612 e. The highest BCUT2D eigenvalue weighted by atomic mass is 32.2. The fourth-order valence-corrected chi connectivity index (χ4v) is 3.31. The molecule has 0 spiro atoms. The van der Waals surface area contributed by atoms with Crippen LogP contribution in [0.1, 0.15) is 11.1 Å². The standard InChI is InChI=1S/C20H23N5OS/c1-12-13(2)17(21)11-10-16(12)19-18(23-24-20(22-19)25(3)4)14-6-8-15(9-7-14)27(5)26/h6-11H,21H2,1-5H3. The normalized spacial score (nSPS) is 12.1. The highest BCUT2D eigenvalue weighted by Crippen LogP contribution is 2.34. The summed E-state index contributed by atoms with van der Waals surface area (Å²) in [6.07, 6.45) is 1.66. The van der Waals surface area contributed by atoms with Gasteiger partial charge in [0.25, 0.3) is 0 Å². The van der Waals surface area contributed by atoms with Gasteiger partial charge in [-0.2, -0.15) is 0 Å². The number of hydrogen-bond donors (Lipinski definition) is 1. The fraction of sp³-hybridized carbons (Fsp3) is 0.250. The van der Waals surface area contributed by atoms with E-state index in [2.05, 4.69) is 10.2 Å². The molecule has 2 N–H and O–H groups in total. The van der Waals surface area contributed by atoms with E-state index in [0.717, 1.165) is 38.5 Å². The minimum Gasteiger partial charge on any atom is -0.612 e. The molecule has 1 heterocycles. The first-order valence-corrected chi connectivity index (χ1v) is 10.1. The second kappa shape index (κ2) is 7.54. The summed E-state index contributed by atoms with van der Waals surface area (Å²) in [5.41, 5.74) is 12.2. The lowest BCUT2D eigenvalue weighted by Crippen LogP contribution is -2.15. The second-order valence-electron chi connectivity index (χ2n) is 6.63. The van der Waals surface area contributed by atoms with Gasteiger partial charge in [-0.25, -0.2) is 4.98 Å². The Morgan fingerprint density at radius 3 is 2.19 bits per heavy atom. The van der Waals surface area contributed by atoms with Gasteiger partial charge in [-0.1, -0.05) is 6.07 Å². The Bertz CT molecular complexity index is 971. The molecule has 3 aromatic rings. The zero-order valence-electron chi connectivity index (χ0n) is 16.1. The number of hydrogen-bond acceptors (Lipinski definition) is 6. The Balaban J connectivity index is 2.22. The summed E-state index contributed by atoms with van der Waals surface area (Å²) >= 11 is -1.03. The van der Waals surface area contributed by atoms with E-state index >= 15 is 0 Å². The maximum Gasteiger partial charge on any atom is 0.245 e. The lowest BCUT2D eigenvalue weighted by Gasteiger charge is -2.16. The molecule has 0 amide bonds. The van der Waals surface area contributed by atoms with Crippen molar-refractivity contribution in [2.75, 3.05) is 31.0 Å². The average molecular weight is 382 g/mol. The maximum atomic E-state index is 11.7. The summed E-state index contributed by atoms with van der Waals surface area (Å²) in [5, 5.41) is 8.70. The summed E-state index contributed by atoms with van der Waals surface area (Å²) in [6, 6.07) is 11.4. The minimum absolute atomic E-state index is 0.536. The first-order chi connectivity index (χ1) is 12.8. The summed E-state index contributed by atoms with van der Waals surface area (Å²) in [5.74, 6) is 0.536. The number of anilines is 2. The SMILES string of the molecule is Cc1c(N)ccc(-c2nc(N(C)C)nnc2-c2ccc([S+](C)[O-])cc2)c1C. The smallest absolute Gasteiger partial charge is 0.245 e. The summed E-state index contributed by atoms with van der Waals surface area (Å²) in [4.78, 5) is 7.35. The predicted octanol–water partition coefficient (Wildman–Crippen LogP) is 3.21. The minimum atomic E-state index is -1.03. The lowest BCUT2D eigenvalue weighted by molar-refractivity contribution is 0.601. The highest BCUT2D eigenvalue weighted by Gasteiger charge is 2.18. The van der Waals surface area contributed by atoms with Gasteiger partial charge in [-0.05, 0) is 66.5 Å². The molecule has 2 aromatic carbocycles. The number of benzene rings is 2. The number of rotatable bonds is 4. The van der Waals surface area contributed by atoms with Gasteiger partial charge in [0.2, 0.25) is 5.95 Å². The molecule has 1 unspecified atom stereocenters. The van der Waals surface area contributed by atoms with E-state index in [1.165, 1.54) is 0 Å². The Morgan fingerprint density at radius 2 is 1.59 bits per heavy atom. The number of nitrogen functional groups attached to an aromatic ring is 1. The molecule has 0 aliphatic rings. The van der Waals surface area contributed by atoms with Crippen molar-refractivity contribution < 1.29 is 4.55 Å². The molecular weight excluding hydrogens is 358 g/mol. The molecule has 140 valence electrons. The molecule has 0 radical (unpaired) electrons. The molecule has 7 heteroatoms. The van der Waals surface area contributed by atoms with Gasteiger partial charge in [0.05, 0.1) is 0 Å². The molecule has 0 aliphatic heterocycles. The highest BCUT2D eigenvalue weighted by molar-refractivity contribution is 7.90. The quantitative estimate of drug-likeness (QED) is 0.551. The van der Waals surface area contributed by atoms with Crippen molar-refractivity contribution in [2.45, 2.75) is 18.7 Å². The monoisotopic (exact) mass is 381 g/mol. The summed E-state index contributed by atoms with van der Waals surface area (Å²) in [6.45, 7) is 4.03. The third kappa shape index (κ3) is 3.74. The average Bonchev–Trinajstić information content (AvgIpc) is 2.66. The molecule has 1 aromatic heterocycles. The van der Waals surface area contributed by atoms with Crippen molar-refractivity contribution in [3.05, 3.63) is 47.5 Å². The van der Waals surface area contributed by atoms with Crippen molar-refractivity contribution in [3.8, 4) is 22.5 Å². The first kappa shape index (κ1) is 19.1. The Morgan fingerprint density at radius 1 is 0.926 bits per heavy atom. The molecule has 27 heavy (non-hydrogen) atoms. The van der Waals surface area contributed by atoms with E-state index < -0.39 is 11.2 Å². The first-order valence-electron chi connectivity index (χ1n) is 8.51. The zero-order valence-corrected chi connectivity index (χ0v) is 17.0. The van der Waals surface area contributed by atoms with Crippen LogP contribution in [-0.4, -0.2) is 40.1 Å². The maximum absolute atomic E-state index is 11.7. The molecule has 0 fully saturated rings. The van der Waals surface area contributed by atoms with E-state index in [1.54, 1.807) is 6.26 Å². The molecule has 0 saturated heterocycles. The molecule has 0 aliphatic carbocycles. The van der Waals surface area contributed by atoms with Gasteiger partial charge >= 0.3 is 0 Å². The van der Waals surface area contributed by atoms with Crippen molar-refractivity contribution in [3.63, 3.8) is 0 Å². The molecule has 1 atom stereocenters. The number of nitrogens with zero attached hydrogens (tertiary/aromatic N) is 4. The van der Waals surface area contributed by atoms with Crippen LogP contribution in [0.15, 0.2) is 41.3 Å². The van der Waals surface area contributed by atoms with Gasteiger partial charge < -0.3 is 15.2 Å². The van der Waals surface area contributed by atoms with E-state index in [-0.39, 0.29) is 0 Å². The Labute approximate surface area is 162 Å². The van der Waals surface area contributed by atoms with Gasteiger partial charge in [0, 0.05) is 30.9 Å².